The lowest BCUT2D eigenvalue weighted by molar-refractivity contribution is 0.836. The molecule has 0 spiro atoms. The normalized spacial score (nSPS) is 15.6. The molecule has 0 saturated heterocycles. The summed E-state index contributed by atoms with van der Waals surface area (Å²) in [4.78, 5) is 1.61. The van der Waals surface area contributed by atoms with Gasteiger partial charge in [0.05, 0.1) is 0 Å². The van der Waals surface area contributed by atoms with E-state index in [4.69, 9.17) is 0 Å². The molecular formula is C13H16S. The van der Waals surface area contributed by atoms with Crippen LogP contribution in [0.25, 0.3) is 0 Å². The molecule has 1 aliphatic rings. The highest BCUT2D eigenvalue weighted by Gasteiger charge is 2.04. The van der Waals surface area contributed by atoms with E-state index in [0.29, 0.717) is 0 Å². The molecular weight excluding hydrogens is 188 g/mol. The van der Waals surface area contributed by atoms with Crippen molar-refractivity contribution in [3.05, 3.63) is 46.9 Å². The van der Waals surface area contributed by atoms with E-state index in [1.807, 2.05) is 11.8 Å². The van der Waals surface area contributed by atoms with Gasteiger partial charge in [0.15, 0.2) is 0 Å². The van der Waals surface area contributed by atoms with Gasteiger partial charge in [-0.2, -0.15) is 0 Å². The molecule has 1 aliphatic heterocycles. The quantitative estimate of drug-likeness (QED) is 0.713. The number of thioether (sulfide) groups is 1. The molecule has 0 amide bonds. The van der Waals surface area contributed by atoms with Gasteiger partial charge in [0.1, 0.15) is 0 Å². The van der Waals surface area contributed by atoms with E-state index in [1.165, 1.54) is 37.0 Å². The van der Waals surface area contributed by atoms with Crippen LogP contribution in [-0.4, -0.2) is 5.75 Å². The molecule has 14 heavy (non-hydrogen) atoms. The largest absolute Gasteiger partial charge is 0.131 e. The Morgan fingerprint density at radius 3 is 2.64 bits per heavy atom. The lowest BCUT2D eigenvalue weighted by Crippen LogP contribution is -1.84. The lowest BCUT2D eigenvalue weighted by Gasteiger charge is -2.01. The highest BCUT2D eigenvalue weighted by molar-refractivity contribution is 8.03. The van der Waals surface area contributed by atoms with E-state index >= 15 is 0 Å². The standard InChI is InChI=1S/C13H16S/c1-2-6-12(7-3-1)8-4-9-13-10-5-11-14-13/h1-3,6-7,10H,4-5,8-9,11H2. The van der Waals surface area contributed by atoms with Crippen LogP contribution in [0.15, 0.2) is 41.3 Å². The Labute approximate surface area is 90.4 Å². The predicted molar refractivity (Wildman–Crippen MR) is 64.5 cm³/mol. The summed E-state index contributed by atoms with van der Waals surface area (Å²) < 4.78 is 0. The van der Waals surface area contributed by atoms with E-state index in [2.05, 4.69) is 36.4 Å². The fraction of sp³-hybridized carbons (Fsp3) is 0.385. The zero-order valence-corrected chi connectivity index (χ0v) is 9.22. The molecule has 0 bridgehead atoms. The second-order valence-electron chi connectivity index (χ2n) is 3.65. The van der Waals surface area contributed by atoms with E-state index in [9.17, 15) is 0 Å². The Morgan fingerprint density at radius 1 is 1.07 bits per heavy atom. The molecule has 0 aromatic heterocycles. The summed E-state index contributed by atoms with van der Waals surface area (Å²) in [5, 5.41) is 0. The summed E-state index contributed by atoms with van der Waals surface area (Å²) >= 11 is 2.04. The van der Waals surface area contributed by atoms with Gasteiger partial charge < -0.3 is 0 Å². The van der Waals surface area contributed by atoms with Crippen molar-refractivity contribution in [2.24, 2.45) is 0 Å². The summed E-state index contributed by atoms with van der Waals surface area (Å²) in [6.45, 7) is 0. The van der Waals surface area contributed by atoms with Crippen molar-refractivity contribution >= 4 is 11.8 Å². The van der Waals surface area contributed by atoms with Crippen molar-refractivity contribution < 1.29 is 0 Å². The zero-order chi connectivity index (χ0) is 9.64. The predicted octanol–water partition coefficient (Wildman–Crippen LogP) is 4.03. The minimum Gasteiger partial charge on any atom is -0.131 e. The molecule has 0 N–H and O–H groups in total. The molecule has 1 aromatic carbocycles. The molecule has 0 fully saturated rings. The fourth-order valence-electron chi connectivity index (χ4n) is 1.75. The topological polar surface area (TPSA) is 0 Å². The first-order chi connectivity index (χ1) is 6.95. The molecule has 0 radical (unpaired) electrons. The van der Waals surface area contributed by atoms with Gasteiger partial charge in [-0.25, -0.2) is 0 Å². The van der Waals surface area contributed by atoms with Gasteiger partial charge in [-0.05, 0) is 36.2 Å². The van der Waals surface area contributed by atoms with Crippen LogP contribution in [-0.2, 0) is 6.42 Å². The third-order valence-electron chi connectivity index (χ3n) is 2.51. The Bertz CT molecular complexity index is 300. The van der Waals surface area contributed by atoms with Crippen LogP contribution in [0, 0.1) is 0 Å². The molecule has 0 nitrogen and oxygen atoms in total. The van der Waals surface area contributed by atoms with E-state index in [1.54, 1.807) is 4.91 Å². The van der Waals surface area contributed by atoms with Gasteiger partial charge in [0, 0.05) is 5.75 Å². The summed E-state index contributed by atoms with van der Waals surface area (Å²) in [7, 11) is 0. The minimum absolute atomic E-state index is 1.22. The van der Waals surface area contributed by atoms with Crippen LogP contribution in [0.1, 0.15) is 24.8 Å². The summed E-state index contributed by atoms with van der Waals surface area (Å²) in [5.74, 6) is 1.31. The van der Waals surface area contributed by atoms with Crippen molar-refractivity contribution in [1.29, 1.82) is 0 Å². The molecule has 0 aliphatic carbocycles. The van der Waals surface area contributed by atoms with Crippen molar-refractivity contribution in [1.82, 2.24) is 0 Å². The van der Waals surface area contributed by atoms with E-state index in [0.717, 1.165) is 0 Å². The maximum absolute atomic E-state index is 2.40. The van der Waals surface area contributed by atoms with Gasteiger partial charge in [-0.1, -0.05) is 36.4 Å². The minimum atomic E-state index is 1.22. The second kappa shape index (κ2) is 5.26. The van der Waals surface area contributed by atoms with Crippen LogP contribution >= 0.6 is 11.8 Å². The first-order valence-corrected chi connectivity index (χ1v) is 6.29. The highest BCUT2D eigenvalue weighted by Crippen LogP contribution is 2.28. The Hall–Kier alpha value is -0.690. The van der Waals surface area contributed by atoms with Crippen LogP contribution in [0.5, 0.6) is 0 Å². The Kier molecular flexibility index (Phi) is 3.70. The molecule has 74 valence electrons. The molecule has 2 rings (SSSR count). The van der Waals surface area contributed by atoms with Gasteiger partial charge in [-0.3, -0.25) is 0 Å². The Balaban J connectivity index is 1.73. The van der Waals surface area contributed by atoms with Crippen LogP contribution in [0.3, 0.4) is 0 Å². The summed E-state index contributed by atoms with van der Waals surface area (Å²) in [6.07, 6.45) is 7.47. The fourth-order valence-corrected chi connectivity index (χ4v) is 2.78. The monoisotopic (exact) mass is 204 g/mol. The Morgan fingerprint density at radius 2 is 1.93 bits per heavy atom. The van der Waals surface area contributed by atoms with Crippen LogP contribution in [0.2, 0.25) is 0 Å². The van der Waals surface area contributed by atoms with Crippen LogP contribution in [0.4, 0.5) is 0 Å². The molecule has 1 aromatic rings. The van der Waals surface area contributed by atoms with Crippen molar-refractivity contribution in [3.8, 4) is 0 Å². The van der Waals surface area contributed by atoms with Gasteiger partial charge in [0.2, 0.25) is 0 Å². The van der Waals surface area contributed by atoms with Crippen molar-refractivity contribution in [2.75, 3.05) is 5.75 Å². The SMILES string of the molecule is C1=C(CCCc2ccccc2)SCC1. The number of hydrogen-bond acceptors (Lipinski definition) is 1. The molecule has 1 heteroatoms. The molecule has 0 unspecified atom stereocenters. The van der Waals surface area contributed by atoms with E-state index in [-0.39, 0.29) is 0 Å². The molecule has 0 atom stereocenters. The maximum Gasteiger partial charge on any atom is 0.00117 e. The average Bonchev–Trinajstić information content (AvgIpc) is 2.72. The van der Waals surface area contributed by atoms with Crippen molar-refractivity contribution in [3.63, 3.8) is 0 Å². The number of aryl methyl sites for hydroxylation is 1. The number of hydrogen-bond donors (Lipinski definition) is 0. The third-order valence-corrected chi connectivity index (χ3v) is 3.69. The lowest BCUT2D eigenvalue weighted by atomic mass is 10.1. The zero-order valence-electron chi connectivity index (χ0n) is 8.41. The first-order valence-electron chi connectivity index (χ1n) is 5.31. The van der Waals surface area contributed by atoms with Gasteiger partial charge in [-0.15, -0.1) is 11.8 Å². The summed E-state index contributed by atoms with van der Waals surface area (Å²) in [5.41, 5.74) is 1.47. The summed E-state index contributed by atoms with van der Waals surface area (Å²) in [6, 6.07) is 10.8. The van der Waals surface area contributed by atoms with E-state index < -0.39 is 0 Å². The van der Waals surface area contributed by atoms with Crippen molar-refractivity contribution in [2.45, 2.75) is 25.7 Å². The number of allylic oxidation sites excluding steroid dienone is 2. The van der Waals surface area contributed by atoms with Gasteiger partial charge in [0.25, 0.3) is 0 Å². The smallest absolute Gasteiger partial charge is 0.00117 e. The molecule has 1 heterocycles. The number of benzene rings is 1. The van der Waals surface area contributed by atoms with Gasteiger partial charge >= 0.3 is 0 Å². The maximum atomic E-state index is 2.40. The molecule has 0 saturated carbocycles. The number of rotatable bonds is 4. The average molecular weight is 204 g/mol. The first kappa shape index (κ1) is 9.85. The highest BCUT2D eigenvalue weighted by atomic mass is 32.2. The third kappa shape index (κ3) is 2.91. The van der Waals surface area contributed by atoms with Crippen LogP contribution < -0.4 is 0 Å². The second-order valence-corrected chi connectivity index (χ2v) is 4.87.